The minimum Gasteiger partial charge on any atom is -0.379 e. The summed E-state index contributed by atoms with van der Waals surface area (Å²) in [5, 5.41) is 2.98. The van der Waals surface area contributed by atoms with Crippen LogP contribution < -0.4 is 10.2 Å². The fourth-order valence-corrected chi connectivity index (χ4v) is 3.09. The molecule has 0 bridgehead atoms. The van der Waals surface area contributed by atoms with Crippen LogP contribution >= 0.6 is 0 Å². The highest BCUT2D eigenvalue weighted by Crippen LogP contribution is 2.17. The summed E-state index contributed by atoms with van der Waals surface area (Å²) in [5.74, 6) is 0.943. The maximum absolute atomic E-state index is 12.1. The van der Waals surface area contributed by atoms with E-state index in [9.17, 15) is 4.79 Å². The predicted molar refractivity (Wildman–Crippen MR) is 89.9 cm³/mol. The number of morpholine rings is 1. The van der Waals surface area contributed by atoms with Gasteiger partial charge in [0.25, 0.3) is 5.91 Å². The van der Waals surface area contributed by atoms with Gasteiger partial charge in [-0.15, -0.1) is 0 Å². The Morgan fingerprint density at radius 3 is 2.65 bits per heavy atom. The molecule has 3 heterocycles. The van der Waals surface area contributed by atoms with Crippen molar-refractivity contribution in [1.82, 2.24) is 15.2 Å². The lowest BCUT2D eigenvalue weighted by Crippen LogP contribution is -2.38. The zero-order valence-electron chi connectivity index (χ0n) is 13.7. The molecule has 2 aliphatic heterocycles. The summed E-state index contributed by atoms with van der Waals surface area (Å²) in [4.78, 5) is 21.2. The number of nitrogens with one attached hydrogen (secondary N) is 1. The van der Waals surface area contributed by atoms with Crippen LogP contribution in [-0.4, -0.2) is 68.3 Å². The quantitative estimate of drug-likeness (QED) is 0.797. The summed E-state index contributed by atoms with van der Waals surface area (Å²) < 4.78 is 5.33. The fourth-order valence-electron chi connectivity index (χ4n) is 3.09. The fraction of sp³-hybridized carbons (Fsp3) is 0.647. The molecule has 6 nitrogen and oxygen atoms in total. The van der Waals surface area contributed by atoms with Crippen molar-refractivity contribution in [2.75, 3.05) is 57.4 Å². The highest BCUT2D eigenvalue weighted by Gasteiger charge is 2.14. The van der Waals surface area contributed by atoms with E-state index in [1.165, 1.54) is 12.8 Å². The van der Waals surface area contributed by atoms with Crippen LogP contribution in [0.5, 0.6) is 0 Å². The van der Waals surface area contributed by atoms with E-state index in [4.69, 9.17) is 4.74 Å². The van der Waals surface area contributed by atoms with Crippen molar-refractivity contribution in [3.63, 3.8) is 0 Å². The predicted octanol–water partition coefficient (Wildman–Crippen LogP) is 1.13. The van der Waals surface area contributed by atoms with Gasteiger partial charge in [0.15, 0.2) is 0 Å². The van der Waals surface area contributed by atoms with Gasteiger partial charge in [-0.3, -0.25) is 9.69 Å². The van der Waals surface area contributed by atoms with Crippen LogP contribution in [0.2, 0.25) is 0 Å². The number of anilines is 1. The highest BCUT2D eigenvalue weighted by atomic mass is 16.5. The van der Waals surface area contributed by atoms with E-state index >= 15 is 0 Å². The summed E-state index contributed by atoms with van der Waals surface area (Å²) >= 11 is 0. The average molecular weight is 318 g/mol. The number of pyridine rings is 1. The molecule has 0 aliphatic carbocycles. The number of aromatic nitrogens is 1. The van der Waals surface area contributed by atoms with Gasteiger partial charge in [-0.1, -0.05) is 0 Å². The Labute approximate surface area is 137 Å². The molecule has 3 rings (SSSR count). The third-order valence-corrected chi connectivity index (χ3v) is 4.48. The van der Waals surface area contributed by atoms with Gasteiger partial charge in [-0.05, 0) is 37.9 Å². The first-order valence-electron chi connectivity index (χ1n) is 8.62. The lowest BCUT2D eigenvalue weighted by Gasteiger charge is -2.26. The number of ether oxygens (including phenoxy) is 1. The van der Waals surface area contributed by atoms with Gasteiger partial charge >= 0.3 is 0 Å². The van der Waals surface area contributed by atoms with E-state index in [-0.39, 0.29) is 5.91 Å². The molecule has 0 unspecified atom stereocenters. The molecular formula is C17H26N4O2. The van der Waals surface area contributed by atoms with Gasteiger partial charge in [0.1, 0.15) is 5.82 Å². The van der Waals surface area contributed by atoms with E-state index in [0.29, 0.717) is 12.1 Å². The second-order valence-corrected chi connectivity index (χ2v) is 6.16. The smallest absolute Gasteiger partial charge is 0.252 e. The van der Waals surface area contributed by atoms with E-state index in [1.807, 2.05) is 12.1 Å². The van der Waals surface area contributed by atoms with Gasteiger partial charge in [0.05, 0.1) is 18.8 Å². The molecule has 23 heavy (non-hydrogen) atoms. The molecule has 1 aromatic rings. The normalized spacial score (nSPS) is 19.0. The van der Waals surface area contributed by atoms with E-state index in [0.717, 1.165) is 58.2 Å². The average Bonchev–Trinajstić information content (AvgIpc) is 3.14. The molecule has 0 aromatic carbocycles. The van der Waals surface area contributed by atoms with Crippen LogP contribution in [0, 0.1) is 0 Å². The molecule has 0 atom stereocenters. The minimum atomic E-state index is -0.0348. The molecule has 1 amide bonds. The maximum Gasteiger partial charge on any atom is 0.252 e. The first-order chi connectivity index (χ1) is 11.3. The van der Waals surface area contributed by atoms with Gasteiger partial charge in [-0.25, -0.2) is 4.98 Å². The molecule has 2 aliphatic rings. The van der Waals surface area contributed by atoms with Crippen LogP contribution in [-0.2, 0) is 4.74 Å². The van der Waals surface area contributed by atoms with Gasteiger partial charge in [0.2, 0.25) is 0 Å². The van der Waals surface area contributed by atoms with E-state index in [1.54, 1.807) is 6.20 Å². The standard InChI is InChI=1S/C17H26N4O2/c22-17(18-6-3-7-20-10-12-23-13-11-20)15-4-5-16(19-14-15)21-8-1-2-9-21/h4-5,14H,1-3,6-13H2,(H,18,22). The van der Waals surface area contributed by atoms with Crippen molar-refractivity contribution < 1.29 is 9.53 Å². The van der Waals surface area contributed by atoms with Crippen molar-refractivity contribution in [1.29, 1.82) is 0 Å². The van der Waals surface area contributed by atoms with Crippen LogP contribution in [0.15, 0.2) is 18.3 Å². The second-order valence-electron chi connectivity index (χ2n) is 6.16. The summed E-state index contributed by atoms with van der Waals surface area (Å²) in [6, 6.07) is 3.83. The van der Waals surface area contributed by atoms with Crippen molar-refractivity contribution in [3.8, 4) is 0 Å². The molecule has 126 valence electrons. The topological polar surface area (TPSA) is 57.7 Å². The lowest BCUT2D eigenvalue weighted by molar-refractivity contribution is 0.0374. The minimum absolute atomic E-state index is 0.0348. The molecule has 0 radical (unpaired) electrons. The number of hydrogen-bond donors (Lipinski definition) is 1. The Morgan fingerprint density at radius 1 is 1.17 bits per heavy atom. The maximum atomic E-state index is 12.1. The number of nitrogens with zero attached hydrogens (tertiary/aromatic N) is 3. The molecule has 2 fully saturated rings. The molecule has 1 aromatic heterocycles. The summed E-state index contributed by atoms with van der Waals surface area (Å²) in [5.41, 5.74) is 0.638. The van der Waals surface area contributed by atoms with Crippen LogP contribution in [0.25, 0.3) is 0 Å². The number of carbonyl (C=O) groups excluding carboxylic acids is 1. The Morgan fingerprint density at radius 2 is 1.96 bits per heavy atom. The van der Waals surface area contributed by atoms with E-state index < -0.39 is 0 Å². The molecule has 0 saturated carbocycles. The largest absolute Gasteiger partial charge is 0.379 e. The Balaban J connectivity index is 1.39. The molecule has 1 N–H and O–H groups in total. The molecule has 6 heteroatoms. The number of hydrogen-bond acceptors (Lipinski definition) is 5. The summed E-state index contributed by atoms with van der Waals surface area (Å²) in [6.07, 6.45) is 5.11. The third kappa shape index (κ3) is 4.65. The SMILES string of the molecule is O=C(NCCCN1CCOCC1)c1ccc(N2CCCC2)nc1. The third-order valence-electron chi connectivity index (χ3n) is 4.48. The number of rotatable bonds is 6. The zero-order chi connectivity index (χ0) is 15.9. The van der Waals surface area contributed by atoms with Crippen molar-refractivity contribution in [2.45, 2.75) is 19.3 Å². The van der Waals surface area contributed by atoms with Gasteiger partial charge < -0.3 is 15.0 Å². The Bertz CT molecular complexity index is 494. The first kappa shape index (κ1) is 16.2. The first-order valence-corrected chi connectivity index (χ1v) is 8.62. The van der Waals surface area contributed by atoms with E-state index in [2.05, 4.69) is 20.1 Å². The summed E-state index contributed by atoms with van der Waals surface area (Å²) in [7, 11) is 0. The van der Waals surface area contributed by atoms with Crippen molar-refractivity contribution in [2.24, 2.45) is 0 Å². The van der Waals surface area contributed by atoms with Crippen LogP contribution in [0.3, 0.4) is 0 Å². The molecular weight excluding hydrogens is 292 g/mol. The molecule has 0 spiro atoms. The number of carbonyl (C=O) groups is 1. The van der Waals surface area contributed by atoms with Gasteiger partial charge in [-0.2, -0.15) is 0 Å². The Kier molecular flexibility index (Phi) is 5.82. The number of amides is 1. The lowest BCUT2D eigenvalue weighted by atomic mass is 10.2. The zero-order valence-corrected chi connectivity index (χ0v) is 13.7. The monoisotopic (exact) mass is 318 g/mol. The van der Waals surface area contributed by atoms with Crippen molar-refractivity contribution in [3.05, 3.63) is 23.9 Å². The highest BCUT2D eigenvalue weighted by molar-refractivity contribution is 5.94. The molecule has 2 saturated heterocycles. The van der Waals surface area contributed by atoms with Crippen LogP contribution in [0.1, 0.15) is 29.6 Å². The summed E-state index contributed by atoms with van der Waals surface area (Å²) in [6.45, 7) is 7.48. The van der Waals surface area contributed by atoms with Crippen LogP contribution in [0.4, 0.5) is 5.82 Å². The second kappa shape index (κ2) is 8.26. The Hall–Kier alpha value is -1.66. The van der Waals surface area contributed by atoms with Gasteiger partial charge in [0, 0.05) is 38.9 Å². The van der Waals surface area contributed by atoms with Crippen molar-refractivity contribution >= 4 is 11.7 Å².